The number of likely N-dealkylation sites (tertiary alicyclic amines) is 1. The summed E-state index contributed by atoms with van der Waals surface area (Å²) >= 11 is 1.99. The molecule has 5 heteroatoms. The number of aromatic nitrogens is 1. The van der Waals surface area contributed by atoms with Crippen molar-refractivity contribution in [3.05, 3.63) is 65.9 Å². The number of aromatic amines is 1. The van der Waals surface area contributed by atoms with Gasteiger partial charge in [-0.15, -0.1) is 0 Å². The summed E-state index contributed by atoms with van der Waals surface area (Å²) in [6.45, 7) is 5.76. The van der Waals surface area contributed by atoms with Crippen LogP contribution in [-0.2, 0) is 10.5 Å². The van der Waals surface area contributed by atoms with Crippen LogP contribution in [0.4, 0.5) is 0 Å². The summed E-state index contributed by atoms with van der Waals surface area (Å²) in [5, 5.41) is 1.16. The van der Waals surface area contributed by atoms with E-state index in [0.29, 0.717) is 12.2 Å². The molecule has 0 saturated carbocycles. The van der Waals surface area contributed by atoms with Gasteiger partial charge in [-0.3, -0.25) is 4.79 Å². The fourth-order valence-corrected chi connectivity index (χ4v) is 6.15. The summed E-state index contributed by atoms with van der Waals surface area (Å²) in [7, 11) is 0. The first-order valence-electron chi connectivity index (χ1n) is 13.9. The summed E-state index contributed by atoms with van der Waals surface area (Å²) in [6.07, 6.45) is 12.2. The Morgan fingerprint density at radius 1 is 1.03 bits per heavy atom. The number of ether oxygens (including phenoxy) is 1. The minimum atomic E-state index is -0.118. The van der Waals surface area contributed by atoms with Gasteiger partial charge in [-0.05, 0) is 67.6 Å². The summed E-state index contributed by atoms with van der Waals surface area (Å²) in [6, 6.07) is 16.9. The Kier molecular flexibility index (Phi) is 10.8. The standard InChI is InChI=1S/C31H42N2O2S/c1-2-3-4-5-6-10-13-31(34)35-28-14-15-30-29(22-28)27(23-32-30)24-36-21-20-33-18-16-26(17-19-33)25-11-8-7-9-12-25/h7-9,11-12,14-15,22-23,26,32H,2-6,10,13,16-21,24H2,1H3. The molecule has 0 bridgehead atoms. The smallest absolute Gasteiger partial charge is 0.311 e. The third-order valence-corrected chi connectivity index (χ3v) is 8.36. The molecule has 194 valence electrons. The molecule has 2 heterocycles. The molecule has 1 aliphatic heterocycles. The molecule has 36 heavy (non-hydrogen) atoms. The van der Waals surface area contributed by atoms with Crippen molar-refractivity contribution in [3.63, 3.8) is 0 Å². The molecule has 0 spiro atoms. The van der Waals surface area contributed by atoms with Crippen LogP contribution in [-0.4, -0.2) is 41.2 Å². The van der Waals surface area contributed by atoms with Crippen LogP contribution < -0.4 is 4.74 Å². The van der Waals surface area contributed by atoms with Gasteiger partial charge in [0.15, 0.2) is 0 Å². The van der Waals surface area contributed by atoms with E-state index in [1.165, 1.54) is 62.7 Å². The number of nitrogens with one attached hydrogen (secondary N) is 1. The number of nitrogens with zero attached hydrogens (tertiary/aromatic N) is 1. The monoisotopic (exact) mass is 506 g/mol. The largest absolute Gasteiger partial charge is 0.427 e. The number of carbonyl (C=O) groups excluding carboxylic acids is 1. The number of benzene rings is 2. The van der Waals surface area contributed by atoms with E-state index in [1.54, 1.807) is 0 Å². The van der Waals surface area contributed by atoms with Gasteiger partial charge >= 0.3 is 5.97 Å². The highest BCUT2D eigenvalue weighted by Gasteiger charge is 2.20. The van der Waals surface area contributed by atoms with Crippen molar-refractivity contribution in [1.82, 2.24) is 9.88 Å². The van der Waals surface area contributed by atoms with Crippen molar-refractivity contribution in [1.29, 1.82) is 0 Å². The molecule has 1 aliphatic rings. The van der Waals surface area contributed by atoms with Crippen molar-refractivity contribution >= 4 is 28.6 Å². The molecule has 1 aromatic heterocycles. The minimum absolute atomic E-state index is 0.118. The van der Waals surface area contributed by atoms with Crippen LogP contribution in [0.5, 0.6) is 5.75 Å². The maximum atomic E-state index is 12.3. The lowest BCUT2D eigenvalue weighted by atomic mass is 9.89. The average molecular weight is 507 g/mol. The van der Waals surface area contributed by atoms with Gasteiger partial charge in [0.05, 0.1) is 0 Å². The Morgan fingerprint density at radius 2 is 1.81 bits per heavy atom. The molecule has 2 aromatic carbocycles. The molecule has 0 radical (unpaired) electrons. The number of H-pyrrole nitrogens is 1. The summed E-state index contributed by atoms with van der Waals surface area (Å²) in [5.74, 6) is 3.36. The van der Waals surface area contributed by atoms with Gasteiger partial charge in [0.2, 0.25) is 0 Å². The number of carbonyl (C=O) groups is 1. The Morgan fingerprint density at radius 3 is 2.61 bits per heavy atom. The molecule has 1 saturated heterocycles. The zero-order chi connectivity index (χ0) is 25.0. The number of hydrogen-bond donors (Lipinski definition) is 1. The van der Waals surface area contributed by atoms with Crippen LogP contribution in [0.3, 0.4) is 0 Å². The molecule has 3 aromatic rings. The number of esters is 1. The topological polar surface area (TPSA) is 45.3 Å². The minimum Gasteiger partial charge on any atom is -0.427 e. The van der Waals surface area contributed by atoms with Crippen molar-refractivity contribution in [2.45, 2.75) is 76.4 Å². The average Bonchev–Trinajstić information content (AvgIpc) is 3.31. The van der Waals surface area contributed by atoms with Gasteiger partial charge in [0.1, 0.15) is 5.75 Å². The third kappa shape index (κ3) is 8.14. The maximum absolute atomic E-state index is 12.3. The second-order valence-corrected chi connectivity index (χ2v) is 11.2. The highest BCUT2D eigenvalue weighted by Crippen LogP contribution is 2.29. The molecule has 4 rings (SSSR count). The fourth-order valence-electron chi connectivity index (χ4n) is 5.16. The van der Waals surface area contributed by atoms with Crippen LogP contribution in [0, 0.1) is 0 Å². The Labute approximate surface area is 221 Å². The van der Waals surface area contributed by atoms with E-state index in [-0.39, 0.29) is 5.97 Å². The highest BCUT2D eigenvalue weighted by molar-refractivity contribution is 7.98. The predicted octanol–water partition coefficient (Wildman–Crippen LogP) is 7.94. The van der Waals surface area contributed by atoms with E-state index in [0.717, 1.165) is 47.7 Å². The molecule has 0 unspecified atom stereocenters. The Balaban J connectivity index is 1.17. The van der Waals surface area contributed by atoms with Crippen LogP contribution in [0.1, 0.15) is 81.8 Å². The van der Waals surface area contributed by atoms with Crippen LogP contribution in [0.2, 0.25) is 0 Å². The van der Waals surface area contributed by atoms with E-state index in [9.17, 15) is 4.79 Å². The molecular formula is C31H42N2O2S. The number of rotatable bonds is 14. The van der Waals surface area contributed by atoms with Gasteiger partial charge in [-0.1, -0.05) is 69.4 Å². The van der Waals surface area contributed by atoms with Crippen molar-refractivity contribution in [2.24, 2.45) is 0 Å². The number of piperidine rings is 1. The van der Waals surface area contributed by atoms with E-state index < -0.39 is 0 Å². The van der Waals surface area contributed by atoms with Gasteiger partial charge in [-0.25, -0.2) is 0 Å². The highest BCUT2D eigenvalue weighted by atomic mass is 32.2. The second-order valence-electron chi connectivity index (χ2n) is 10.1. The summed E-state index contributed by atoms with van der Waals surface area (Å²) in [4.78, 5) is 18.3. The van der Waals surface area contributed by atoms with E-state index in [2.05, 4.69) is 53.3 Å². The van der Waals surface area contributed by atoms with Gasteiger partial charge in [-0.2, -0.15) is 11.8 Å². The Bertz CT molecular complexity index is 1060. The van der Waals surface area contributed by atoms with E-state index in [1.807, 2.05) is 30.0 Å². The number of thioether (sulfide) groups is 1. The first-order valence-corrected chi connectivity index (χ1v) is 15.0. The first-order chi connectivity index (χ1) is 17.7. The molecule has 0 aliphatic carbocycles. The predicted molar refractivity (Wildman–Crippen MR) is 153 cm³/mol. The molecule has 1 N–H and O–H groups in total. The second kappa shape index (κ2) is 14.5. The maximum Gasteiger partial charge on any atom is 0.311 e. The molecule has 4 nitrogen and oxygen atoms in total. The fraction of sp³-hybridized carbons (Fsp3) is 0.516. The number of unbranched alkanes of at least 4 members (excludes halogenated alkanes) is 5. The summed E-state index contributed by atoms with van der Waals surface area (Å²) in [5.41, 5.74) is 3.88. The van der Waals surface area contributed by atoms with Crippen molar-refractivity contribution in [2.75, 3.05) is 25.4 Å². The SMILES string of the molecule is CCCCCCCCC(=O)Oc1ccc2[nH]cc(CSCCN3CCC(c4ccccc4)CC3)c2c1. The lowest BCUT2D eigenvalue weighted by molar-refractivity contribution is -0.134. The van der Waals surface area contributed by atoms with E-state index in [4.69, 9.17) is 4.74 Å². The zero-order valence-corrected chi connectivity index (χ0v) is 22.7. The third-order valence-electron chi connectivity index (χ3n) is 7.37. The van der Waals surface area contributed by atoms with Gasteiger partial charge < -0.3 is 14.6 Å². The van der Waals surface area contributed by atoms with E-state index >= 15 is 0 Å². The lowest BCUT2D eigenvalue weighted by Crippen LogP contribution is -2.34. The molecule has 0 atom stereocenters. The normalized spacial score (nSPS) is 14.9. The molecule has 0 amide bonds. The number of fused-ring (bicyclic) bond motifs is 1. The number of hydrogen-bond acceptors (Lipinski definition) is 4. The zero-order valence-electron chi connectivity index (χ0n) is 21.8. The van der Waals surface area contributed by atoms with Crippen LogP contribution in [0.25, 0.3) is 10.9 Å². The van der Waals surface area contributed by atoms with Crippen LogP contribution >= 0.6 is 11.8 Å². The van der Waals surface area contributed by atoms with Crippen molar-refractivity contribution in [3.8, 4) is 5.75 Å². The van der Waals surface area contributed by atoms with Gasteiger partial charge in [0, 0.05) is 41.6 Å². The quantitative estimate of drug-likeness (QED) is 0.137. The molecule has 1 fully saturated rings. The summed E-state index contributed by atoms with van der Waals surface area (Å²) < 4.78 is 5.65. The Hall–Kier alpha value is -2.24. The first kappa shape index (κ1) is 26.8. The molecular weight excluding hydrogens is 464 g/mol. The van der Waals surface area contributed by atoms with Gasteiger partial charge in [0.25, 0.3) is 0 Å². The van der Waals surface area contributed by atoms with Crippen molar-refractivity contribution < 1.29 is 9.53 Å². The lowest BCUT2D eigenvalue weighted by Gasteiger charge is -2.32. The van der Waals surface area contributed by atoms with Crippen LogP contribution in [0.15, 0.2) is 54.7 Å².